The van der Waals surface area contributed by atoms with Gasteiger partial charge in [0.1, 0.15) is 0 Å². The lowest BCUT2D eigenvalue weighted by molar-refractivity contribution is -0.136. The van der Waals surface area contributed by atoms with Gasteiger partial charge in [0, 0.05) is 5.69 Å². The highest BCUT2D eigenvalue weighted by atomic mass is 35.5. The number of ether oxygens (including phenoxy) is 2. The number of hydrogen-bond acceptors (Lipinski definition) is 6. The Labute approximate surface area is 205 Å². The van der Waals surface area contributed by atoms with Crippen molar-refractivity contribution < 1.29 is 23.9 Å². The van der Waals surface area contributed by atoms with Gasteiger partial charge in [0.15, 0.2) is 11.5 Å². The van der Waals surface area contributed by atoms with Gasteiger partial charge in [0.25, 0.3) is 0 Å². The van der Waals surface area contributed by atoms with Crippen LogP contribution in [0.15, 0.2) is 65.8 Å². The molecular formula is C24H19Cl2N3O5. The number of benzene rings is 3. The van der Waals surface area contributed by atoms with Crippen LogP contribution in [-0.4, -0.2) is 31.1 Å². The number of hydrogen-bond donors (Lipinski definition) is 2. The molecule has 3 aromatic rings. The first kappa shape index (κ1) is 24.8. The Hall–Kier alpha value is -3.88. The molecule has 0 aromatic heterocycles. The second kappa shape index (κ2) is 11.3. The highest BCUT2D eigenvalue weighted by molar-refractivity contribution is 6.42. The number of carbonyl (C=O) groups excluding carboxylic acids is 3. The second-order valence-corrected chi connectivity index (χ2v) is 7.76. The number of carbonyl (C=O) groups is 3. The Bertz CT molecular complexity index is 1260. The van der Waals surface area contributed by atoms with Gasteiger partial charge >= 0.3 is 17.8 Å². The molecule has 0 atom stereocenters. The molecular weight excluding hydrogens is 481 g/mol. The van der Waals surface area contributed by atoms with E-state index in [0.717, 1.165) is 5.56 Å². The van der Waals surface area contributed by atoms with E-state index in [9.17, 15) is 14.4 Å². The Morgan fingerprint density at radius 3 is 2.29 bits per heavy atom. The number of nitrogens with zero attached hydrogens (tertiary/aromatic N) is 1. The molecule has 34 heavy (non-hydrogen) atoms. The van der Waals surface area contributed by atoms with Crippen molar-refractivity contribution in [2.24, 2.45) is 5.10 Å². The smallest absolute Gasteiger partial charge is 0.343 e. The minimum Gasteiger partial charge on any atom is -0.493 e. The van der Waals surface area contributed by atoms with Crippen LogP contribution in [0.3, 0.4) is 0 Å². The summed E-state index contributed by atoms with van der Waals surface area (Å²) in [6.45, 7) is 1.91. The first-order valence-corrected chi connectivity index (χ1v) is 10.6. The molecule has 8 nitrogen and oxygen atoms in total. The Kier molecular flexibility index (Phi) is 8.24. The average Bonchev–Trinajstić information content (AvgIpc) is 2.82. The van der Waals surface area contributed by atoms with E-state index >= 15 is 0 Å². The number of anilines is 1. The van der Waals surface area contributed by atoms with Gasteiger partial charge in [-0.3, -0.25) is 9.59 Å². The fourth-order valence-corrected chi connectivity index (χ4v) is 2.97. The van der Waals surface area contributed by atoms with E-state index in [4.69, 9.17) is 32.7 Å². The topological polar surface area (TPSA) is 106 Å². The van der Waals surface area contributed by atoms with E-state index in [1.165, 1.54) is 37.6 Å². The molecule has 0 radical (unpaired) electrons. The molecule has 0 saturated heterocycles. The fraction of sp³-hybridized carbons (Fsp3) is 0.0833. The van der Waals surface area contributed by atoms with Crippen LogP contribution in [-0.2, 0) is 9.59 Å². The van der Waals surface area contributed by atoms with Gasteiger partial charge < -0.3 is 14.8 Å². The third-order valence-corrected chi connectivity index (χ3v) is 5.18. The first-order valence-electron chi connectivity index (χ1n) is 9.83. The van der Waals surface area contributed by atoms with Crippen molar-refractivity contribution in [3.63, 3.8) is 0 Å². The highest BCUT2D eigenvalue weighted by Crippen LogP contribution is 2.29. The molecule has 0 saturated carbocycles. The van der Waals surface area contributed by atoms with Crippen molar-refractivity contribution in [1.82, 2.24) is 5.43 Å². The van der Waals surface area contributed by atoms with Crippen LogP contribution in [0.4, 0.5) is 5.69 Å². The van der Waals surface area contributed by atoms with E-state index in [0.29, 0.717) is 16.3 Å². The van der Waals surface area contributed by atoms with Gasteiger partial charge in [-0.1, -0.05) is 40.9 Å². The number of hydrazone groups is 1. The van der Waals surface area contributed by atoms with Crippen LogP contribution in [0.1, 0.15) is 21.5 Å². The van der Waals surface area contributed by atoms with Crippen LogP contribution in [0.2, 0.25) is 10.0 Å². The normalized spacial score (nSPS) is 10.6. The Morgan fingerprint density at radius 2 is 1.62 bits per heavy atom. The summed E-state index contributed by atoms with van der Waals surface area (Å²) in [5.74, 6) is -2.03. The summed E-state index contributed by atoms with van der Waals surface area (Å²) in [6.07, 6.45) is 1.31. The maximum Gasteiger partial charge on any atom is 0.343 e. The third-order valence-electron chi connectivity index (χ3n) is 4.44. The van der Waals surface area contributed by atoms with Crippen molar-refractivity contribution in [3.05, 3.63) is 87.4 Å². The predicted molar refractivity (Wildman–Crippen MR) is 130 cm³/mol. The molecule has 174 valence electrons. The van der Waals surface area contributed by atoms with Gasteiger partial charge in [0.05, 0.1) is 28.9 Å². The van der Waals surface area contributed by atoms with Gasteiger partial charge in [-0.25, -0.2) is 10.2 Å². The van der Waals surface area contributed by atoms with Crippen LogP contribution in [0.25, 0.3) is 0 Å². The molecule has 0 fully saturated rings. The monoisotopic (exact) mass is 499 g/mol. The van der Waals surface area contributed by atoms with Gasteiger partial charge in [-0.05, 0) is 61.0 Å². The van der Waals surface area contributed by atoms with Crippen LogP contribution >= 0.6 is 23.2 Å². The molecule has 0 aliphatic rings. The zero-order chi connectivity index (χ0) is 24.7. The number of amides is 2. The summed E-state index contributed by atoms with van der Waals surface area (Å²) >= 11 is 11.8. The van der Waals surface area contributed by atoms with Crippen LogP contribution < -0.4 is 20.2 Å². The minimum absolute atomic E-state index is 0.164. The SMILES string of the molecule is COc1cc(/C=N\NC(=O)C(=O)Nc2ccc(C)cc2)ccc1OC(=O)c1ccc(Cl)c(Cl)c1. The lowest BCUT2D eigenvalue weighted by atomic mass is 10.2. The minimum atomic E-state index is -0.934. The quantitative estimate of drug-likeness (QED) is 0.169. The van der Waals surface area contributed by atoms with Crippen LogP contribution in [0.5, 0.6) is 11.5 Å². The Morgan fingerprint density at radius 1 is 0.882 bits per heavy atom. The molecule has 2 amide bonds. The largest absolute Gasteiger partial charge is 0.493 e. The summed E-state index contributed by atoms with van der Waals surface area (Å²) < 4.78 is 10.6. The van der Waals surface area contributed by atoms with Gasteiger partial charge in [-0.15, -0.1) is 0 Å². The lowest BCUT2D eigenvalue weighted by Crippen LogP contribution is -2.32. The molecule has 10 heteroatoms. The second-order valence-electron chi connectivity index (χ2n) is 6.95. The number of methoxy groups -OCH3 is 1. The number of aryl methyl sites for hydroxylation is 1. The van der Waals surface area contributed by atoms with Crippen molar-refractivity contribution in [1.29, 1.82) is 0 Å². The maximum atomic E-state index is 12.4. The van der Waals surface area contributed by atoms with Crippen molar-refractivity contribution in [3.8, 4) is 11.5 Å². The summed E-state index contributed by atoms with van der Waals surface area (Å²) in [5, 5.41) is 6.79. The zero-order valence-corrected chi connectivity index (χ0v) is 19.6. The summed E-state index contributed by atoms with van der Waals surface area (Å²) in [4.78, 5) is 36.3. The van der Waals surface area contributed by atoms with E-state index in [1.54, 1.807) is 24.3 Å². The van der Waals surface area contributed by atoms with Crippen molar-refractivity contribution in [2.45, 2.75) is 6.92 Å². The summed E-state index contributed by atoms with van der Waals surface area (Å²) in [7, 11) is 1.41. The summed E-state index contributed by atoms with van der Waals surface area (Å²) in [5.41, 5.74) is 4.40. The number of rotatable bonds is 6. The van der Waals surface area contributed by atoms with E-state index in [1.807, 2.05) is 19.1 Å². The number of nitrogens with one attached hydrogen (secondary N) is 2. The molecule has 0 aliphatic carbocycles. The zero-order valence-electron chi connectivity index (χ0n) is 18.1. The first-order chi connectivity index (χ1) is 16.3. The molecule has 0 spiro atoms. The summed E-state index contributed by atoms with van der Waals surface area (Å²) in [6, 6.07) is 16.0. The van der Waals surface area contributed by atoms with Gasteiger partial charge in [-0.2, -0.15) is 5.10 Å². The standard InChI is InChI=1S/C24H19Cl2N3O5/c1-14-3-7-17(8-4-14)28-22(30)23(31)29-27-13-15-5-10-20(21(11-15)33-2)34-24(32)16-6-9-18(25)19(26)12-16/h3-13H,1-2H3,(H,28,30)(H,29,31)/b27-13-. The maximum absolute atomic E-state index is 12.4. The number of halogens is 2. The van der Waals surface area contributed by atoms with Crippen molar-refractivity contribution in [2.75, 3.05) is 12.4 Å². The lowest BCUT2D eigenvalue weighted by Gasteiger charge is -2.10. The fourth-order valence-electron chi connectivity index (χ4n) is 2.67. The Balaban J connectivity index is 1.61. The molecule has 0 bridgehead atoms. The molecule has 3 rings (SSSR count). The van der Waals surface area contributed by atoms with Crippen molar-refractivity contribution >= 4 is 52.9 Å². The average molecular weight is 500 g/mol. The third kappa shape index (κ3) is 6.57. The highest BCUT2D eigenvalue weighted by Gasteiger charge is 2.15. The molecule has 0 unspecified atom stereocenters. The molecule has 3 aromatic carbocycles. The van der Waals surface area contributed by atoms with E-state index < -0.39 is 17.8 Å². The van der Waals surface area contributed by atoms with E-state index in [2.05, 4.69) is 15.8 Å². The molecule has 0 aliphatic heterocycles. The van der Waals surface area contributed by atoms with Crippen LogP contribution in [0, 0.1) is 6.92 Å². The predicted octanol–water partition coefficient (Wildman–Crippen LogP) is 4.62. The number of esters is 1. The molecule has 0 heterocycles. The molecule has 2 N–H and O–H groups in total. The van der Waals surface area contributed by atoms with E-state index in [-0.39, 0.29) is 22.1 Å². The van der Waals surface area contributed by atoms with Gasteiger partial charge in [0.2, 0.25) is 0 Å².